The number of aromatic nitrogens is 2. The van der Waals surface area contributed by atoms with Crippen molar-refractivity contribution in [3.8, 4) is 5.75 Å². The Morgan fingerprint density at radius 2 is 1.63 bits per heavy atom. The van der Waals surface area contributed by atoms with Crippen molar-refractivity contribution >= 4 is 38.6 Å². The Bertz CT molecular complexity index is 1870. The molecule has 1 saturated carbocycles. The Labute approximate surface area is 286 Å². The van der Waals surface area contributed by atoms with Crippen LogP contribution < -0.4 is 5.32 Å². The first kappa shape index (κ1) is 34.5. The number of amides is 1. The van der Waals surface area contributed by atoms with Crippen molar-refractivity contribution in [2.75, 3.05) is 31.5 Å². The van der Waals surface area contributed by atoms with Crippen molar-refractivity contribution in [1.82, 2.24) is 9.97 Å². The van der Waals surface area contributed by atoms with Gasteiger partial charge in [-0.2, -0.15) is 0 Å². The minimum Gasteiger partial charge on any atom is -0.744 e. The molecule has 4 heterocycles. The van der Waals surface area contributed by atoms with Crippen molar-refractivity contribution in [2.24, 2.45) is 5.92 Å². The number of fused-ring (bicyclic) bond motifs is 4. The summed E-state index contributed by atoms with van der Waals surface area (Å²) in [6.07, 6.45) is 12.8. The second kappa shape index (κ2) is 14.6. The van der Waals surface area contributed by atoms with E-state index in [1.165, 1.54) is 18.9 Å². The normalized spacial score (nSPS) is 23.0. The van der Waals surface area contributed by atoms with Gasteiger partial charge in [-0.25, -0.2) is 13.4 Å². The molecule has 4 aliphatic rings. The smallest absolute Gasteiger partial charge is 0.317 e. The monoisotopic (exact) mass is 686 g/mol. The highest BCUT2D eigenvalue weighted by atomic mass is 32.2. The molecule has 1 aromatic heterocycles. The van der Waals surface area contributed by atoms with Crippen LogP contribution in [0.5, 0.6) is 5.75 Å². The molecule has 11 nitrogen and oxygen atoms in total. The third-order valence-electron chi connectivity index (χ3n) is 10.4. The van der Waals surface area contributed by atoms with E-state index in [1.807, 2.05) is 18.2 Å². The molecular weight excluding hydrogens is 644 g/mol. The Morgan fingerprint density at radius 3 is 2.31 bits per heavy atom. The SMILES string of the molecule is O=C(C[N+]12CCC(CC1)[C@@H](OC(=O)C1(c3ccccc3)CCCCCC1)C2)Nc1cnccn1.O=S(=O)([O-])c1ccc2ccccc2c1O. The third-order valence-corrected chi connectivity index (χ3v) is 11.3. The summed E-state index contributed by atoms with van der Waals surface area (Å²) in [6.45, 7) is 3.00. The van der Waals surface area contributed by atoms with Crippen LogP contribution in [0.3, 0.4) is 0 Å². The second-order valence-corrected chi connectivity index (χ2v) is 14.8. The Morgan fingerprint density at radius 1 is 0.939 bits per heavy atom. The van der Waals surface area contributed by atoms with Gasteiger partial charge >= 0.3 is 5.97 Å². The number of hydrogen-bond donors (Lipinski definition) is 2. The summed E-state index contributed by atoms with van der Waals surface area (Å²) < 4.78 is 39.4. The number of ether oxygens (including phenoxy) is 1. The predicted octanol–water partition coefficient (Wildman–Crippen LogP) is 5.31. The number of anilines is 1. The number of nitrogens with zero attached hydrogens (tertiary/aromatic N) is 3. The highest BCUT2D eigenvalue weighted by Crippen LogP contribution is 2.42. The molecular formula is C37H42N4O7S. The molecule has 12 heteroatoms. The first-order chi connectivity index (χ1) is 23.6. The number of hydrogen-bond acceptors (Lipinski definition) is 9. The summed E-state index contributed by atoms with van der Waals surface area (Å²) in [7, 11) is -4.62. The van der Waals surface area contributed by atoms with Crippen LogP contribution in [0.2, 0.25) is 0 Å². The molecule has 1 amide bonds. The van der Waals surface area contributed by atoms with Crippen molar-refractivity contribution in [2.45, 2.75) is 67.8 Å². The number of piperidine rings is 3. The van der Waals surface area contributed by atoms with E-state index < -0.39 is 26.2 Å². The molecule has 4 aromatic rings. The average Bonchev–Trinajstić information content (AvgIpc) is 3.37. The summed E-state index contributed by atoms with van der Waals surface area (Å²) in [5.41, 5.74) is 0.549. The number of aromatic hydroxyl groups is 1. The molecule has 2 N–H and O–H groups in total. The number of rotatable bonds is 7. The lowest BCUT2D eigenvalue weighted by Gasteiger charge is -2.52. The van der Waals surface area contributed by atoms with Crippen LogP contribution in [0.15, 0.2) is 90.2 Å². The van der Waals surface area contributed by atoms with E-state index in [9.17, 15) is 27.7 Å². The maximum absolute atomic E-state index is 13.9. The molecule has 3 aliphatic heterocycles. The molecule has 0 spiro atoms. The minimum absolute atomic E-state index is 0.0542. The molecule has 1 atom stereocenters. The van der Waals surface area contributed by atoms with Crippen LogP contribution in [0.4, 0.5) is 5.82 Å². The lowest BCUT2D eigenvalue weighted by Crippen LogP contribution is -2.66. The molecule has 4 fully saturated rings. The van der Waals surface area contributed by atoms with Crippen LogP contribution in [-0.2, 0) is 29.9 Å². The molecule has 0 unspecified atom stereocenters. The largest absolute Gasteiger partial charge is 0.744 e. The standard InChI is InChI=1S/C27H34N4O3.C10H8O4S/c32-25(30-24-18-28-14-15-29-24)20-31-16-10-21(11-17-31)23(19-31)34-26(33)27(12-6-1-2-7-13-27)22-8-4-3-5-9-22;11-10-8-4-2-1-3-7(8)5-6-9(10)15(12,13)14/h3-5,8-9,14-15,18,21,23H,1-2,6-7,10-13,16-17,19-20H2;1-6,11H,(H,12,13,14)/t21?,23-,31?;/m0./s1. The fourth-order valence-electron chi connectivity index (χ4n) is 7.81. The van der Waals surface area contributed by atoms with E-state index in [0.717, 1.165) is 69.8 Å². The van der Waals surface area contributed by atoms with E-state index in [-0.39, 0.29) is 18.0 Å². The maximum atomic E-state index is 13.9. The third kappa shape index (κ3) is 7.76. The molecule has 1 aliphatic carbocycles. The first-order valence-corrected chi connectivity index (χ1v) is 18.3. The zero-order valence-electron chi connectivity index (χ0n) is 27.4. The van der Waals surface area contributed by atoms with Crippen molar-refractivity contribution in [3.05, 3.63) is 90.9 Å². The Hall–Kier alpha value is -4.39. The number of carbonyl (C=O) groups is 2. The summed E-state index contributed by atoms with van der Waals surface area (Å²) in [5.74, 6) is 0.268. The van der Waals surface area contributed by atoms with Crippen molar-refractivity contribution in [3.63, 3.8) is 0 Å². The van der Waals surface area contributed by atoms with E-state index in [2.05, 4.69) is 27.4 Å². The van der Waals surface area contributed by atoms with Gasteiger partial charge in [-0.15, -0.1) is 0 Å². The Balaban J connectivity index is 0.000000232. The van der Waals surface area contributed by atoms with Crippen LogP contribution in [-0.4, -0.2) is 76.7 Å². The number of benzene rings is 3. The lowest BCUT2D eigenvalue weighted by atomic mass is 9.74. The van der Waals surface area contributed by atoms with Gasteiger partial charge in [0.15, 0.2) is 18.5 Å². The number of carbonyl (C=O) groups excluding carboxylic acids is 2. The average molecular weight is 687 g/mol. The van der Waals surface area contributed by atoms with E-state index in [1.54, 1.807) is 42.9 Å². The predicted molar refractivity (Wildman–Crippen MR) is 182 cm³/mol. The number of nitrogens with one attached hydrogen (secondary N) is 1. The summed E-state index contributed by atoms with van der Waals surface area (Å²) in [4.78, 5) is 34.3. The van der Waals surface area contributed by atoms with Crippen LogP contribution in [0, 0.1) is 5.92 Å². The van der Waals surface area contributed by atoms with Gasteiger partial charge in [-0.3, -0.25) is 14.6 Å². The summed E-state index contributed by atoms with van der Waals surface area (Å²) in [6, 6.07) is 19.5. The van der Waals surface area contributed by atoms with E-state index in [0.29, 0.717) is 33.5 Å². The van der Waals surface area contributed by atoms with Gasteiger partial charge in [0, 0.05) is 36.5 Å². The van der Waals surface area contributed by atoms with Gasteiger partial charge in [-0.05, 0) is 29.9 Å². The molecule has 258 valence electrons. The quantitative estimate of drug-likeness (QED) is 0.114. The molecule has 3 aromatic carbocycles. The lowest BCUT2D eigenvalue weighted by molar-refractivity contribution is -0.939. The van der Waals surface area contributed by atoms with Crippen LogP contribution in [0.25, 0.3) is 10.8 Å². The second-order valence-electron chi connectivity index (χ2n) is 13.5. The summed E-state index contributed by atoms with van der Waals surface area (Å²) in [5, 5.41) is 13.5. The number of phenolic OH excluding ortho intramolecular Hbond substituents is 1. The van der Waals surface area contributed by atoms with Crippen molar-refractivity contribution < 1.29 is 36.9 Å². The number of quaternary nitrogens is 1. The van der Waals surface area contributed by atoms with E-state index in [4.69, 9.17) is 4.74 Å². The zero-order valence-corrected chi connectivity index (χ0v) is 28.2. The fourth-order valence-corrected chi connectivity index (χ4v) is 8.40. The first-order valence-electron chi connectivity index (χ1n) is 16.9. The summed E-state index contributed by atoms with van der Waals surface area (Å²) >= 11 is 0. The van der Waals surface area contributed by atoms with Crippen LogP contribution in [0.1, 0.15) is 56.9 Å². The van der Waals surface area contributed by atoms with Gasteiger partial charge in [-0.1, -0.05) is 86.3 Å². The van der Waals surface area contributed by atoms with E-state index >= 15 is 0 Å². The van der Waals surface area contributed by atoms with Gasteiger partial charge in [0.1, 0.15) is 22.4 Å². The molecule has 49 heavy (non-hydrogen) atoms. The highest BCUT2D eigenvalue weighted by molar-refractivity contribution is 7.85. The van der Waals surface area contributed by atoms with Gasteiger partial charge < -0.3 is 24.2 Å². The molecule has 3 saturated heterocycles. The van der Waals surface area contributed by atoms with Crippen LogP contribution >= 0.6 is 0 Å². The number of esters is 1. The fraction of sp³-hybridized carbons (Fsp3) is 0.405. The Kier molecular flexibility index (Phi) is 10.3. The van der Waals surface area contributed by atoms with Gasteiger partial charge in [0.2, 0.25) is 0 Å². The maximum Gasteiger partial charge on any atom is 0.317 e. The zero-order chi connectivity index (χ0) is 34.5. The van der Waals surface area contributed by atoms with Crippen molar-refractivity contribution in [1.29, 1.82) is 0 Å². The van der Waals surface area contributed by atoms with Gasteiger partial charge in [0.05, 0.1) is 29.6 Å². The molecule has 0 radical (unpaired) electrons. The highest BCUT2D eigenvalue weighted by Gasteiger charge is 2.51. The molecule has 2 bridgehead atoms. The van der Waals surface area contributed by atoms with Gasteiger partial charge in [0.25, 0.3) is 5.91 Å². The molecule has 8 rings (SSSR count). The number of phenols is 1. The minimum atomic E-state index is -4.62. The topological polar surface area (TPSA) is 159 Å².